The van der Waals surface area contributed by atoms with Gasteiger partial charge >= 0.3 is 6.30 Å². The number of nitrogens with zero attached hydrogens (tertiary/aromatic N) is 4. The van der Waals surface area contributed by atoms with E-state index in [-0.39, 0.29) is 31.1 Å². The van der Waals surface area contributed by atoms with Crippen LogP contribution in [0, 0.1) is 19.9 Å². The number of alkyl halides is 3. The Morgan fingerprint density at radius 3 is 2.21 bits per heavy atom. The van der Waals surface area contributed by atoms with Crippen LogP contribution in [-0.2, 0) is 26.4 Å². The quantitative estimate of drug-likeness (QED) is 0.140. The van der Waals surface area contributed by atoms with Gasteiger partial charge in [0.05, 0.1) is 16.7 Å². The van der Waals surface area contributed by atoms with Crippen molar-refractivity contribution in [3.8, 4) is 28.1 Å². The number of pyridine rings is 1. The maximum atomic E-state index is 14.0. The van der Waals surface area contributed by atoms with E-state index in [4.69, 9.17) is 5.10 Å². The fourth-order valence-electron chi connectivity index (χ4n) is 6.77. The van der Waals surface area contributed by atoms with Gasteiger partial charge in [-0.2, -0.15) is 5.10 Å². The minimum Gasteiger partial charge on any atom is -0.263 e. The summed E-state index contributed by atoms with van der Waals surface area (Å²) in [7, 11) is 0. The molecule has 9 rings (SSSR count). The second kappa shape index (κ2) is 10.6. The van der Waals surface area contributed by atoms with Crippen molar-refractivity contribution in [3.05, 3.63) is 120 Å². The average Bonchev–Trinajstić information content (AvgIpc) is 3.82. The number of imidazole rings is 1. The van der Waals surface area contributed by atoms with Crippen molar-refractivity contribution in [3.63, 3.8) is 0 Å². The third-order valence-electron chi connectivity index (χ3n) is 8.71. The number of benzene rings is 4. The zero-order chi connectivity index (χ0) is 31.3. The molecule has 0 bridgehead atoms. The van der Waals surface area contributed by atoms with Crippen LogP contribution < -0.4 is 4.57 Å². The molecule has 0 aliphatic heterocycles. The molecule has 5 aromatic heterocycles. The number of rotatable bonds is 3. The summed E-state index contributed by atoms with van der Waals surface area (Å²) in [5.41, 5.74) is 8.89. The predicted octanol–water partition coefficient (Wildman–Crippen LogP) is 9.64. The molecule has 4 aromatic carbocycles. The summed E-state index contributed by atoms with van der Waals surface area (Å²) in [6.45, 7) is 4.14. The smallest absolute Gasteiger partial charge is 0.263 e. The molecule has 0 spiro atoms. The van der Waals surface area contributed by atoms with E-state index < -0.39 is 6.30 Å². The van der Waals surface area contributed by atoms with Crippen LogP contribution in [0.4, 0.5) is 13.2 Å². The minimum absolute atomic E-state index is 0. The molecular formula is C37H24F3IrN5S. The molecule has 0 atom stereocenters. The Balaban J connectivity index is 0.00000324. The molecule has 1 radical (unpaired) electrons. The number of aryl methyl sites for hydroxylation is 2. The van der Waals surface area contributed by atoms with E-state index in [1.807, 2.05) is 53.0 Å². The van der Waals surface area contributed by atoms with Crippen LogP contribution in [0.3, 0.4) is 0 Å². The normalized spacial score (nSPS) is 12.2. The third-order valence-corrected chi connectivity index (χ3v) is 9.71. The molecule has 0 unspecified atom stereocenters. The molecule has 5 heterocycles. The minimum atomic E-state index is -4.52. The maximum Gasteiger partial charge on any atom is 0.489 e. The number of nitrogens with one attached hydrogen (secondary N) is 1. The van der Waals surface area contributed by atoms with Crippen molar-refractivity contribution in [2.24, 2.45) is 0 Å². The van der Waals surface area contributed by atoms with Gasteiger partial charge in [0.25, 0.3) is 5.82 Å². The van der Waals surface area contributed by atoms with E-state index in [0.29, 0.717) is 15.3 Å². The van der Waals surface area contributed by atoms with Crippen LogP contribution in [-0.4, -0.2) is 19.2 Å². The van der Waals surface area contributed by atoms with E-state index in [1.54, 1.807) is 41.7 Å². The van der Waals surface area contributed by atoms with Crippen molar-refractivity contribution in [1.82, 2.24) is 19.2 Å². The molecule has 0 aliphatic rings. The van der Waals surface area contributed by atoms with Gasteiger partial charge in [-0.15, -0.1) is 18.0 Å². The number of para-hydroxylation sites is 2. The standard InChI is InChI=1S/C37H23F3N5S.Ir/c1-21-18-33-36(46-21)35-34(41-22(2)43(35)26-8-4-3-5-9-26)32-20-29(42-45(32)33)24-14-12-23(13-15-24)25-16-17-31-28(19-25)27-10-6-7-11-30(27)44(31)37(38,39)40;/h3-17,19-20H,1-2H3;/q-1;/p+1. The number of aromatic nitrogens is 5. The van der Waals surface area contributed by atoms with E-state index >= 15 is 0 Å². The van der Waals surface area contributed by atoms with Crippen molar-refractivity contribution in [2.45, 2.75) is 20.1 Å². The molecule has 0 aliphatic carbocycles. The molecule has 0 amide bonds. The van der Waals surface area contributed by atoms with E-state index in [2.05, 4.69) is 47.7 Å². The molecule has 1 N–H and O–H groups in total. The summed E-state index contributed by atoms with van der Waals surface area (Å²) >= 11 is 1.71. The zero-order valence-corrected chi connectivity index (χ0v) is 28.2. The van der Waals surface area contributed by atoms with Crippen LogP contribution in [0.1, 0.15) is 10.7 Å². The van der Waals surface area contributed by atoms with Crippen LogP contribution in [0.15, 0.2) is 103 Å². The van der Waals surface area contributed by atoms with Crippen molar-refractivity contribution < 1.29 is 37.8 Å². The molecular weight excluding hydrogens is 796 g/mol. The average molecular weight is 820 g/mol. The van der Waals surface area contributed by atoms with Crippen LogP contribution in [0.5, 0.6) is 0 Å². The Kier molecular flexibility index (Phi) is 6.70. The zero-order valence-electron chi connectivity index (χ0n) is 25.0. The van der Waals surface area contributed by atoms with Gasteiger partial charge in [-0.25, -0.2) is 15.6 Å². The number of fused-ring (bicyclic) bond motifs is 9. The fourth-order valence-corrected chi connectivity index (χ4v) is 7.74. The van der Waals surface area contributed by atoms with E-state index in [9.17, 15) is 13.2 Å². The van der Waals surface area contributed by atoms with Gasteiger partial charge in [0.1, 0.15) is 16.7 Å². The first-order chi connectivity index (χ1) is 22.3. The van der Waals surface area contributed by atoms with E-state index in [1.165, 1.54) is 6.07 Å². The molecule has 0 saturated heterocycles. The molecule has 10 heteroatoms. The first-order valence-electron chi connectivity index (χ1n) is 14.8. The fraction of sp³-hybridized carbons (Fsp3) is 0.0811. The van der Waals surface area contributed by atoms with Crippen molar-refractivity contribution in [1.29, 1.82) is 0 Å². The Morgan fingerprint density at radius 2 is 1.45 bits per heavy atom. The maximum absolute atomic E-state index is 14.0. The number of hydrogen-bond acceptors (Lipinski definition) is 2. The molecule has 233 valence electrons. The SMILES string of the molecule is Cc1[c-]c2c(s1)c1c([nH]c(C)[n+]1-c1ccccc1)c1cc(-c3ccc(-c4ccc5c(c4)c4ccccc4n5C(F)(F)F)cc3)nn21.[Ir]. The van der Waals surface area contributed by atoms with Gasteiger partial charge in [0.15, 0.2) is 5.52 Å². The van der Waals surface area contributed by atoms with Gasteiger partial charge in [-0.3, -0.25) is 20.4 Å². The Labute approximate surface area is 283 Å². The van der Waals surface area contributed by atoms with Crippen LogP contribution in [0.2, 0.25) is 0 Å². The van der Waals surface area contributed by atoms with Gasteiger partial charge in [0, 0.05) is 43.4 Å². The Hall–Kier alpha value is -4.76. The van der Waals surface area contributed by atoms with Crippen molar-refractivity contribution in [2.75, 3.05) is 0 Å². The monoisotopic (exact) mass is 820 g/mol. The number of halogens is 3. The van der Waals surface area contributed by atoms with Gasteiger partial charge in [-0.05, 0) is 59.1 Å². The third kappa shape index (κ3) is 4.47. The number of H-pyrrole nitrogens is 1. The second-order valence-electron chi connectivity index (χ2n) is 11.5. The summed E-state index contributed by atoms with van der Waals surface area (Å²) in [4.78, 5) is 4.71. The summed E-state index contributed by atoms with van der Waals surface area (Å²) in [5.74, 6) is 1.02. The van der Waals surface area contributed by atoms with Gasteiger partial charge in [0.2, 0.25) is 0 Å². The number of hydrogen-bond donors (Lipinski definition) is 1. The topological polar surface area (TPSA) is 41.9 Å². The van der Waals surface area contributed by atoms with Crippen molar-refractivity contribution >= 4 is 59.9 Å². The largest absolute Gasteiger partial charge is 0.489 e. The first-order valence-corrected chi connectivity index (χ1v) is 15.6. The summed E-state index contributed by atoms with van der Waals surface area (Å²) in [5, 5.41) is 6.19. The molecule has 0 fully saturated rings. The predicted molar refractivity (Wildman–Crippen MR) is 177 cm³/mol. The molecule has 5 nitrogen and oxygen atoms in total. The number of thiophene rings is 1. The number of aromatic amines is 1. The Morgan fingerprint density at radius 1 is 0.766 bits per heavy atom. The Bertz CT molecular complexity index is 2650. The van der Waals surface area contributed by atoms with Gasteiger partial charge < -0.3 is 0 Å². The van der Waals surface area contributed by atoms with Gasteiger partial charge in [-0.1, -0.05) is 72.2 Å². The molecule has 0 saturated carbocycles. The molecule has 47 heavy (non-hydrogen) atoms. The summed E-state index contributed by atoms with van der Waals surface area (Å²) in [6.07, 6.45) is -4.52. The van der Waals surface area contributed by atoms with Crippen LogP contribution in [0.25, 0.3) is 76.6 Å². The summed E-state index contributed by atoms with van der Waals surface area (Å²) in [6, 6.07) is 35.8. The summed E-state index contributed by atoms with van der Waals surface area (Å²) < 4.78 is 47.8. The van der Waals surface area contributed by atoms with E-state index in [0.717, 1.165) is 65.5 Å². The van der Waals surface area contributed by atoms with Crippen LogP contribution >= 0.6 is 11.3 Å². The molecule has 9 aromatic rings. The first kappa shape index (κ1) is 29.6. The second-order valence-corrected chi connectivity index (χ2v) is 12.7.